The Morgan fingerprint density at radius 2 is 1.73 bits per heavy atom. The highest BCUT2D eigenvalue weighted by Gasteiger charge is 2.17. The topological polar surface area (TPSA) is 79.1 Å². The molecule has 0 fully saturated rings. The highest BCUT2D eigenvalue weighted by molar-refractivity contribution is 6.15. The maximum atomic E-state index is 12.5. The molecular formula is C19H18N4O3. The zero-order valence-electron chi connectivity index (χ0n) is 14.3. The first kappa shape index (κ1) is 17.3. The van der Waals surface area contributed by atoms with Gasteiger partial charge in [-0.25, -0.2) is 4.79 Å². The van der Waals surface area contributed by atoms with Gasteiger partial charge in [0.15, 0.2) is 11.5 Å². The number of hydrogen-bond acceptors (Lipinski definition) is 6. The zero-order chi connectivity index (χ0) is 18.2. The number of carbonyl (C=O) groups excluding carboxylic acids is 1. The van der Waals surface area contributed by atoms with E-state index in [-0.39, 0.29) is 18.9 Å². The molecule has 3 rings (SSSR count). The van der Waals surface area contributed by atoms with Gasteiger partial charge in [0.2, 0.25) is 0 Å². The Morgan fingerprint density at radius 1 is 1.04 bits per heavy atom. The lowest BCUT2D eigenvalue weighted by Gasteiger charge is -2.10. The second kappa shape index (κ2) is 8.57. The molecule has 2 aromatic carbocycles. The van der Waals surface area contributed by atoms with E-state index in [9.17, 15) is 4.79 Å². The number of esters is 1. The van der Waals surface area contributed by atoms with E-state index < -0.39 is 5.97 Å². The predicted molar refractivity (Wildman–Crippen MR) is 96.1 cm³/mol. The van der Waals surface area contributed by atoms with Crippen LogP contribution in [0, 0.1) is 6.92 Å². The first-order valence-electron chi connectivity index (χ1n) is 8.11. The van der Waals surface area contributed by atoms with E-state index >= 15 is 0 Å². The van der Waals surface area contributed by atoms with Crippen LogP contribution in [0.5, 0.6) is 5.75 Å². The Bertz CT molecular complexity index is 876. The minimum Gasteiger partial charge on any atom is -0.490 e. The van der Waals surface area contributed by atoms with Gasteiger partial charge in [0.05, 0.1) is 0 Å². The van der Waals surface area contributed by atoms with Crippen LogP contribution in [-0.4, -0.2) is 39.4 Å². The summed E-state index contributed by atoms with van der Waals surface area (Å²) in [5, 5.41) is 11.3. The van der Waals surface area contributed by atoms with Crippen LogP contribution in [0.3, 0.4) is 0 Å². The second-order valence-electron chi connectivity index (χ2n) is 5.38. The van der Waals surface area contributed by atoms with Gasteiger partial charge >= 0.3 is 5.97 Å². The number of benzene rings is 2. The summed E-state index contributed by atoms with van der Waals surface area (Å²) in [4.78, 5) is 12.5. The van der Waals surface area contributed by atoms with Gasteiger partial charge in [0.25, 0.3) is 0 Å². The third-order valence-electron chi connectivity index (χ3n) is 3.49. The van der Waals surface area contributed by atoms with Crippen molar-refractivity contribution in [3.8, 4) is 5.75 Å². The van der Waals surface area contributed by atoms with E-state index in [1.54, 1.807) is 13.0 Å². The monoisotopic (exact) mass is 350 g/mol. The first-order valence-corrected chi connectivity index (χ1v) is 8.11. The van der Waals surface area contributed by atoms with Gasteiger partial charge in [-0.2, -0.15) is 4.68 Å². The van der Waals surface area contributed by atoms with Gasteiger partial charge in [0.1, 0.15) is 19.0 Å². The standard InChI is InChI=1S/C19H18N4O3/c1-15-20-21-22-23(15)18(14-16-8-4-2-5-9-16)19(24)26-13-12-25-17-10-6-3-7-11-17/h2-11,14H,12-13H2,1H3. The molecule has 0 saturated carbocycles. The molecule has 0 radical (unpaired) electrons. The molecule has 1 heterocycles. The average molecular weight is 350 g/mol. The van der Waals surface area contributed by atoms with E-state index in [1.807, 2.05) is 60.7 Å². The number of aryl methyl sites for hydroxylation is 1. The molecule has 0 aliphatic carbocycles. The van der Waals surface area contributed by atoms with E-state index in [0.29, 0.717) is 5.82 Å². The highest BCUT2D eigenvalue weighted by atomic mass is 16.6. The summed E-state index contributed by atoms with van der Waals surface area (Å²) in [6, 6.07) is 18.8. The van der Waals surface area contributed by atoms with Crippen molar-refractivity contribution in [3.05, 3.63) is 72.1 Å². The Kier molecular flexibility index (Phi) is 5.72. The van der Waals surface area contributed by atoms with Crippen molar-refractivity contribution in [2.75, 3.05) is 13.2 Å². The maximum absolute atomic E-state index is 12.5. The fraction of sp³-hybridized carbons (Fsp3) is 0.158. The molecule has 0 aliphatic rings. The number of ether oxygens (including phenoxy) is 2. The lowest BCUT2D eigenvalue weighted by atomic mass is 10.2. The second-order valence-corrected chi connectivity index (χ2v) is 5.38. The van der Waals surface area contributed by atoms with Crippen molar-refractivity contribution >= 4 is 17.7 Å². The van der Waals surface area contributed by atoms with Crippen molar-refractivity contribution in [3.63, 3.8) is 0 Å². The summed E-state index contributed by atoms with van der Waals surface area (Å²) in [5.41, 5.74) is 1.08. The molecule has 0 spiro atoms. The number of aromatic nitrogens is 4. The van der Waals surface area contributed by atoms with Crippen LogP contribution in [0.25, 0.3) is 11.8 Å². The summed E-state index contributed by atoms with van der Waals surface area (Å²) >= 11 is 0. The molecule has 1 aromatic heterocycles. The van der Waals surface area contributed by atoms with Gasteiger partial charge in [-0.1, -0.05) is 48.5 Å². The average Bonchev–Trinajstić information content (AvgIpc) is 3.10. The molecule has 26 heavy (non-hydrogen) atoms. The molecule has 0 unspecified atom stereocenters. The fourth-order valence-corrected chi connectivity index (χ4v) is 2.25. The van der Waals surface area contributed by atoms with Crippen molar-refractivity contribution < 1.29 is 14.3 Å². The van der Waals surface area contributed by atoms with E-state index in [0.717, 1.165) is 11.3 Å². The van der Waals surface area contributed by atoms with Crippen molar-refractivity contribution in [1.29, 1.82) is 0 Å². The minimum absolute atomic E-state index is 0.112. The number of para-hydroxylation sites is 1. The maximum Gasteiger partial charge on any atom is 0.357 e. The fourth-order valence-electron chi connectivity index (χ4n) is 2.25. The number of hydrogen-bond donors (Lipinski definition) is 0. The number of nitrogens with zero attached hydrogens (tertiary/aromatic N) is 4. The van der Waals surface area contributed by atoms with Crippen LogP contribution in [0.15, 0.2) is 60.7 Å². The molecule has 0 amide bonds. The molecule has 3 aromatic rings. The van der Waals surface area contributed by atoms with Gasteiger partial charge in [0, 0.05) is 0 Å². The van der Waals surface area contributed by atoms with Crippen LogP contribution in [0.1, 0.15) is 11.4 Å². The third-order valence-corrected chi connectivity index (χ3v) is 3.49. The lowest BCUT2D eigenvalue weighted by Crippen LogP contribution is -2.18. The highest BCUT2D eigenvalue weighted by Crippen LogP contribution is 2.14. The Hall–Kier alpha value is -3.48. The summed E-state index contributed by atoms with van der Waals surface area (Å²) in [7, 11) is 0. The van der Waals surface area contributed by atoms with Crippen LogP contribution in [0.4, 0.5) is 0 Å². The zero-order valence-corrected chi connectivity index (χ0v) is 14.3. The first-order chi connectivity index (χ1) is 12.7. The quantitative estimate of drug-likeness (QED) is 0.370. The third kappa shape index (κ3) is 4.54. The van der Waals surface area contributed by atoms with Gasteiger partial charge in [-0.3, -0.25) is 0 Å². The number of rotatable bonds is 7. The molecular weight excluding hydrogens is 332 g/mol. The molecule has 0 saturated heterocycles. The Labute approximate surface area is 150 Å². The number of carbonyl (C=O) groups is 1. The van der Waals surface area contributed by atoms with Crippen LogP contribution in [0.2, 0.25) is 0 Å². The Balaban J connectivity index is 1.68. The SMILES string of the molecule is Cc1nnnn1C(=Cc1ccccc1)C(=O)OCCOc1ccccc1. The normalized spacial score (nSPS) is 11.2. The molecule has 132 valence electrons. The molecule has 0 N–H and O–H groups in total. The Morgan fingerprint density at radius 3 is 2.38 bits per heavy atom. The minimum atomic E-state index is -0.527. The summed E-state index contributed by atoms with van der Waals surface area (Å²) in [5.74, 6) is 0.686. The smallest absolute Gasteiger partial charge is 0.357 e. The van der Waals surface area contributed by atoms with Crippen LogP contribution >= 0.6 is 0 Å². The molecule has 7 heteroatoms. The van der Waals surface area contributed by atoms with Crippen LogP contribution in [-0.2, 0) is 9.53 Å². The van der Waals surface area contributed by atoms with E-state index in [2.05, 4.69) is 15.5 Å². The summed E-state index contributed by atoms with van der Waals surface area (Å²) in [6.07, 6.45) is 1.68. The predicted octanol–water partition coefficient (Wildman–Crippen LogP) is 2.60. The molecule has 0 atom stereocenters. The van der Waals surface area contributed by atoms with Crippen LogP contribution < -0.4 is 4.74 Å². The van der Waals surface area contributed by atoms with Gasteiger partial charge in [-0.05, 0) is 41.1 Å². The van der Waals surface area contributed by atoms with E-state index in [1.165, 1.54) is 4.68 Å². The van der Waals surface area contributed by atoms with E-state index in [4.69, 9.17) is 9.47 Å². The largest absolute Gasteiger partial charge is 0.490 e. The van der Waals surface area contributed by atoms with Gasteiger partial charge in [-0.15, -0.1) is 5.10 Å². The molecule has 0 aliphatic heterocycles. The van der Waals surface area contributed by atoms with Crippen molar-refractivity contribution in [1.82, 2.24) is 20.2 Å². The lowest BCUT2D eigenvalue weighted by molar-refractivity contribution is -0.137. The molecule has 0 bridgehead atoms. The van der Waals surface area contributed by atoms with Crippen molar-refractivity contribution in [2.45, 2.75) is 6.92 Å². The summed E-state index contributed by atoms with van der Waals surface area (Å²) < 4.78 is 12.2. The molecule has 7 nitrogen and oxygen atoms in total. The van der Waals surface area contributed by atoms with Crippen molar-refractivity contribution in [2.24, 2.45) is 0 Å². The number of tetrazole rings is 1. The van der Waals surface area contributed by atoms with Gasteiger partial charge < -0.3 is 9.47 Å². The summed E-state index contributed by atoms with van der Waals surface area (Å²) in [6.45, 7) is 2.08.